The van der Waals surface area contributed by atoms with Crippen molar-refractivity contribution in [2.24, 2.45) is 5.11 Å². The minimum Gasteiger partial charge on any atom is -0.393 e. The molecule has 4 atom stereocenters. The second-order valence-electron chi connectivity index (χ2n) is 4.72. The highest BCUT2D eigenvalue weighted by Crippen LogP contribution is 2.41. The van der Waals surface area contributed by atoms with E-state index in [-0.39, 0.29) is 0 Å². The van der Waals surface area contributed by atoms with E-state index in [4.69, 9.17) is 10.3 Å². The molecule has 1 aliphatic heterocycles. The lowest BCUT2D eigenvalue weighted by molar-refractivity contribution is -0.179. The number of hydrogen-bond donors (Lipinski definition) is 4. The summed E-state index contributed by atoms with van der Waals surface area (Å²) in [6, 6.07) is 1.02. The van der Waals surface area contributed by atoms with Crippen molar-refractivity contribution in [2.75, 3.05) is 6.61 Å². The Morgan fingerprint density at radius 3 is 2.71 bits per heavy atom. The molecule has 1 aromatic heterocycles. The summed E-state index contributed by atoms with van der Waals surface area (Å²) in [5.74, 6) is 0. The first-order valence-corrected chi connectivity index (χ1v) is 5.86. The zero-order chi connectivity index (χ0) is 15.8. The van der Waals surface area contributed by atoms with E-state index in [1.165, 1.54) is 6.92 Å². The molecule has 0 radical (unpaired) electrons. The third kappa shape index (κ3) is 2.13. The van der Waals surface area contributed by atoms with Crippen molar-refractivity contribution in [1.82, 2.24) is 9.55 Å². The maximum Gasteiger partial charge on any atom is 0.330 e. The lowest BCUT2D eigenvalue weighted by atomic mass is 10.0. The van der Waals surface area contributed by atoms with E-state index < -0.39 is 41.5 Å². The van der Waals surface area contributed by atoms with Gasteiger partial charge in [-0.3, -0.25) is 14.3 Å². The number of nitrogens with one attached hydrogen (secondary N) is 1. The molecule has 0 spiro atoms. The number of H-pyrrole nitrogens is 1. The second kappa shape index (κ2) is 4.98. The molecule has 0 unspecified atom stereocenters. The lowest BCUT2D eigenvalue weighted by Gasteiger charge is -2.30. The third-order valence-corrected chi connectivity index (χ3v) is 3.44. The summed E-state index contributed by atoms with van der Waals surface area (Å²) in [6.07, 6.45) is -2.42. The van der Waals surface area contributed by atoms with Crippen LogP contribution < -0.4 is 11.2 Å². The molecule has 1 aliphatic rings. The SMILES string of the molecule is C[C@@]1(n2ccc(=O)[nH]c2=O)O[C@@](CO)(N=[N+]=[N-])[C@@H](O)[C@H]1O. The summed E-state index contributed by atoms with van der Waals surface area (Å²) in [6.45, 7) is 0.327. The Bertz CT molecular complexity index is 708. The van der Waals surface area contributed by atoms with Crippen molar-refractivity contribution in [3.63, 3.8) is 0 Å². The first-order valence-electron chi connectivity index (χ1n) is 5.86. The summed E-state index contributed by atoms with van der Waals surface area (Å²) in [4.78, 5) is 27.3. The van der Waals surface area contributed by atoms with Crippen LogP contribution in [0.5, 0.6) is 0 Å². The van der Waals surface area contributed by atoms with E-state index in [0.29, 0.717) is 0 Å². The van der Waals surface area contributed by atoms with Gasteiger partial charge in [0.25, 0.3) is 5.56 Å². The Hall–Kier alpha value is -2.17. The molecule has 1 aromatic rings. The molecule has 0 aromatic carbocycles. The second-order valence-corrected chi connectivity index (χ2v) is 4.72. The average Bonchev–Trinajstić information content (AvgIpc) is 2.62. The molecule has 0 saturated carbocycles. The summed E-state index contributed by atoms with van der Waals surface area (Å²) < 4.78 is 6.15. The Morgan fingerprint density at radius 2 is 2.19 bits per heavy atom. The molecule has 1 fully saturated rings. The number of aliphatic hydroxyl groups excluding tert-OH is 3. The van der Waals surface area contributed by atoms with Gasteiger partial charge in [0.1, 0.15) is 12.2 Å². The molecule has 0 amide bonds. The topological polar surface area (TPSA) is 174 Å². The molecular weight excluding hydrogens is 286 g/mol. The molecule has 2 heterocycles. The van der Waals surface area contributed by atoms with Crippen molar-refractivity contribution >= 4 is 0 Å². The largest absolute Gasteiger partial charge is 0.393 e. The van der Waals surface area contributed by atoms with E-state index in [1.54, 1.807) is 0 Å². The van der Waals surface area contributed by atoms with E-state index in [0.717, 1.165) is 16.8 Å². The fraction of sp³-hybridized carbons (Fsp3) is 0.600. The molecule has 11 nitrogen and oxygen atoms in total. The number of rotatable bonds is 3. The fourth-order valence-corrected chi connectivity index (χ4v) is 2.29. The predicted octanol–water partition coefficient (Wildman–Crippen LogP) is -2.04. The predicted molar refractivity (Wildman–Crippen MR) is 67.0 cm³/mol. The first-order chi connectivity index (χ1) is 9.80. The number of aliphatic hydroxyl groups is 3. The van der Waals surface area contributed by atoms with Gasteiger partial charge in [0, 0.05) is 17.2 Å². The highest BCUT2D eigenvalue weighted by molar-refractivity contribution is 5.06. The molecule has 4 N–H and O–H groups in total. The van der Waals surface area contributed by atoms with Gasteiger partial charge in [-0.1, -0.05) is 5.11 Å². The molecule has 11 heteroatoms. The number of azide groups is 1. The van der Waals surface area contributed by atoms with Gasteiger partial charge in [-0.2, -0.15) is 0 Å². The minimum atomic E-state index is -2.14. The van der Waals surface area contributed by atoms with Crippen LogP contribution in [0.4, 0.5) is 0 Å². The molecular formula is C10H13N5O6. The summed E-state index contributed by atoms with van der Waals surface area (Å²) >= 11 is 0. The number of nitrogens with zero attached hydrogens (tertiary/aromatic N) is 4. The zero-order valence-electron chi connectivity index (χ0n) is 10.9. The molecule has 114 valence electrons. The van der Waals surface area contributed by atoms with Crippen LogP contribution in [-0.4, -0.2) is 49.4 Å². The average molecular weight is 299 g/mol. The van der Waals surface area contributed by atoms with E-state index in [2.05, 4.69) is 10.0 Å². The van der Waals surface area contributed by atoms with Crippen molar-refractivity contribution in [2.45, 2.75) is 30.6 Å². The summed E-state index contributed by atoms with van der Waals surface area (Å²) in [5, 5.41) is 32.6. The van der Waals surface area contributed by atoms with E-state index in [9.17, 15) is 24.9 Å². The lowest BCUT2D eigenvalue weighted by Crippen LogP contribution is -2.49. The number of hydrogen-bond acceptors (Lipinski definition) is 7. The third-order valence-electron chi connectivity index (χ3n) is 3.44. The molecule has 21 heavy (non-hydrogen) atoms. The molecule has 1 saturated heterocycles. The Kier molecular flexibility index (Phi) is 3.61. The van der Waals surface area contributed by atoms with Crippen LogP contribution in [0.3, 0.4) is 0 Å². The summed E-state index contributed by atoms with van der Waals surface area (Å²) in [5.41, 5.74) is 2.97. The van der Waals surface area contributed by atoms with Crippen LogP contribution in [0.15, 0.2) is 27.0 Å². The highest BCUT2D eigenvalue weighted by Gasteiger charge is 2.61. The first kappa shape index (κ1) is 15.2. The van der Waals surface area contributed by atoms with Crippen LogP contribution in [0.1, 0.15) is 6.92 Å². The standard InChI is InChI=1S/C10H13N5O6/c1-9(15-3-2-5(17)12-8(15)20)6(18)7(19)10(4-16,21-9)13-14-11/h2-3,6-7,16,18-19H,4H2,1H3,(H,12,17,20)/t6-,7+,9-,10-/m1/s1. The monoisotopic (exact) mass is 299 g/mol. The van der Waals surface area contributed by atoms with Gasteiger partial charge in [0.2, 0.25) is 5.72 Å². The number of aromatic nitrogens is 2. The van der Waals surface area contributed by atoms with Gasteiger partial charge in [0.15, 0.2) is 5.72 Å². The Labute approximate surface area is 116 Å². The van der Waals surface area contributed by atoms with Gasteiger partial charge in [-0.25, -0.2) is 4.79 Å². The van der Waals surface area contributed by atoms with Crippen molar-refractivity contribution < 1.29 is 20.1 Å². The quantitative estimate of drug-likeness (QED) is 0.284. The molecule has 0 aliphatic carbocycles. The molecule has 2 rings (SSSR count). The van der Waals surface area contributed by atoms with Gasteiger partial charge < -0.3 is 20.1 Å². The van der Waals surface area contributed by atoms with Crippen LogP contribution in [0.2, 0.25) is 0 Å². The Balaban J connectivity index is 2.60. The molecule has 0 bridgehead atoms. The van der Waals surface area contributed by atoms with Crippen molar-refractivity contribution in [1.29, 1.82) is 0 Å². The van der Waals surface area contributed by atoms with Crippen LogP contribution in [-0.2, 0) is 10.5 Å². The minimum absolute atomic E-state index is 0.656. The van der Waals surface area contributed by atoms with E-state index >= 15 is 0 Å². The number of aromatic amines is 1. The maximum absolute atomic E-state index is 11.8. The van der Waals surface area contributed by atoms with Crippen LogP contribution >= 0.6 is 0 Å². The zero-order valence-corrected chi connectivity index (χ0v) is 10.9. The maximum atomic E-state index is 11.8. The van der Waals surface area contributed by atoms with Gasteiger partial charge >= 0.3 is 5.69 Å². The summed E-state index contributed by atoms with van der Waals surface area (Å²) in [7, 11) is 0. The van der Waals surface area contributed by atoms with E-state index in [1.807, 2.05) is 4.98 Å². The van der Waals surface area contributed by atoms with Gasteiger partial charge in [0.05, 0.1) is 6.61 Å². The number of ether oxygens (including phenoxy) is 1. The van der Waals surface area contributed by atoms with Crippen LogP contribution in [0, 0.1) is 0 Å². The fourth-order valence-electron chi connectivity index (χ4n) is 2.29. The highest BCUT2D eigenvalue weighted by atomic mass is 16.6. The normalized spacial score (nSPS) is 35.4. The van der Waals surface area contributed by atoms with Crippen LogP contribution in [0.25, 0.3) is 10.4 Å². The van der Waals surface area contributed by atoms with Gasteiger partial charge in [-0.05, 0) is 12.5 Å². The van der Waals surface area contributed by atoms with Crippen molar-refractivity contribution in [3.05, 3.63) is 43.5 Å². The Morgan fingerprint density at radius 1 is 1.52 bits per heavy atom. The van der Waals surface area contributed by atoms with Gasteiger partial charge in [-0.15, -0.1) is 0 Å². The smallest absolute Gasteiger partial charge is 0.330 e. The van der Waals surface area contributed by atoms with Crippen molar-refractivity contribution in [3.8, 4) is 0 Å².